The smallest absolute Gasteiger partial charge is 0.269 e. The standard InChI is InChI=1S/C13H16N2O6/c16-8-12-7-14(5-6-20-12)13(17)9-21-11-3-1-10(2-4-11)15(18)19/h1-4,12,16H,5-9H2. The van der Waals surface area contributed by atoms with Crippen LogP contribution < -0.4 is 4.74 Å². The lowest BCUT2D eigenvalue weighted by molar-refractivity contribution is -0.384. The summed E-state index contributed by atoms with van der Waals surface area (Å²) in [5.41, 5.74) is -0.0346. The normalized spacial score (nSPS) is 18.3. The summed E-state index contributed by atoms with van der Waals surface area (Å²) in [5.74, 6) is 0.177. The number of morpholine rings is 1. The van der Waals surface area contributed by atoms with Crippen LogP contribution in [-0.2, 0) is 9.53 Å². The number of hydrogen-bond donors (Lipinski definition) is 1. The molecule has 0 radical (unpaired) electrons. The molecular weight excluding hydrogens is 280 g/mol. The Morgan fingerprint density at radius 3 is 2.81 bits per heavy atom. The topological polar surface area (TPSA) is 102 Å². The van der Waals surface area contributed by atoms with Crippen molar-refractivity contribution in [1.82, 2.24) is 4.90 Å². The minimum absolute atomic E-state index is 0.0346. The van der Waals surface area contributed by atoms with Crippen molar-refractivity contribution in [2.45, 2.75) is 6.10 Å². The summed E-state index contributed by atoms with van der Waals surface area (Å²) < 4.78 is 10.6. The van der Waals surface area contributed by atoms with Crippen molar-refractivity contribution >= 4 is 11.6 Å². The van der Waals surface area contributed by atoms with Crippen molar-refractivity contribution in [3.05, 3.63) is 34.4 Å². The number of benzene rings is 1. The summed E-state index contributed by atoms with van der Waals surface area (Å²) in [6.07, 6.45) is -0.359. The third-order valence-electron chi connectivity index (χ3n) is 3.10. The fourth-order valence-corrected chi connectivity index (χ4v) is 1.96. The highest BCUT2D eigenvalue weighted by Crippen LogP contribution is 2.17. The number of amides is 1. The fraction of sp³-hybridized carbons (Fsp3) is 0.462. The molecule has 1 aliphatic heterocycles. The predicted molar refractivity (Wildman–Crippen MR) is 72.0 cm³/mol. The lowest BCUT2D eigenvalue weighted by Gasteiger charge is -2.31. The lowest BCUT2D eigenvalue weighted by atomic mass is 10.3. The molecule has 0 spiro atoms. The van der Waals surface area contributed by atoms with Crippen LogP contribution in [0.25, 0.3) is 0 Å². The number of nitro groups is 1. The molecule has 8 heteroatoms. The van der Waals surface area contributed by atoms with Crippen LogP contribution in [-0.4, -0.2) is 59.9 Å². The zero-order valence-electron chi connectivity index (χ0n) is 11.3. The van der Waals surface area contributed by atoms with Crippen LogP contribution in [0.15, 0.2) is 24.3 Å². The third kappa shape index (κ3) is 4.14. The van der Waals surface area contributed by atoms with Crippen molar-refractivity contribution in [2.75, 3.05) is 32.9 Å². The van der Waals surface area contributed by atoms with Crippen LogP contribution in [0.5, 0.6) is 5.75 Å². The number of carbonyl (C=O) groups is 1. The van der Waals surface area contributed by atoms with Crippen molar-refractivity contribution in [3.63, 3.8) is 0 Å². The van der Waals surface area contributed by atoms with Crippen molar-refractivity contribution in [2.24, 2.45) is 0 Å². The first-order valence-electron chi connectivity index (χ1n) is 6.47. The molecule has 1 atom stereocenters. The van der Waals surface area contributed by atoms with E-state index in [-0.39, 0.29) is 30.9 Å². The second kappa shape index (κ2) is 7.00. The van der Waals surface area contributed by atoms with E-state index >= 15 is 0 Å². The second-order valence-corrected chi connectivity index (χ2v) is 4.55. The Balaban J connectivity index is 1.84. The van der Waals surface area contributed by atoms with Gasteiger partial charge in [0.2, 0.25) is 0 Å². The Bertz CT molecular complexity index is 504. The molecule has 0 aromatic heterocycles. The van der Waals surface area contributed by atoms with Gasteiger partial charge in [0, 0.05) is 25.2 Å². The summed E-state index contributed by atoms with van der Waals surface area (Å²) in [4.78, 5) is 23.5. The van der Waals surface area contributed by atoms with Crippen molar-refractivity contribution < 1.29 is 24.3 Å². The van der Waals surface area contributed by atoms with Gasteiger partial charge in [-0.15, -0.1) is 0 Å². The average Bonchev–Trinajstić information content (AvgIpc) is 2.53. The van der Waals surface area contributed by atoms with Gasteiger partial charge in [0.15, 0.2) is 6.61 Å². The summed E-state index contributed by atoms with van der Waals surface area (Å²) in [5, 5.41) is 19.5. The van der Waals surface area contributed by atoms with Crippen LogP contribution >= 0.6 is 0 Å². The summed E-state index contributed by atoms with van der Waals surface area (Å²) in [6.45, 7) is 0.884. The quantitative estimate of drug-likeness (QED) is 0.615. The Hall–Kier alpha value is -2.19. The third-order valence-corrected chi connectivity index (χ3v) is 3.10. The van der Waals surface area contributed by atoms with Gasteiger partial charge in [0.25, 0.3) is 11.6 Å². The van der Waals surface area contributed by atoms with E-state index in [2.05, 4.69) is 0 Å². The molecule has 1 fully saturated rings. The molecule has 1 saturated heterocycles. The largest absolute Gasteiger partial charge is 0.484 e. The van der Waals surface area contributed by atoms with Gasteiger partial charge in [-0.3, -0.25) is 14.9 Å². The van der Waals surface area contributed by atoms with E-state index in [1.54, 1.807) is 4.90 Å². The van der Waals surface area contributed by atoms with Gasteiger partial charge < -0.3 is 19.5 Å². The lowest BCUT2D eigenvalue weighted by Crippen LogP contribution is -2.48. The molecule has 0 aliphatic carbocycles. The molecule has 1 unspecified atom stereocenters. The number of hydrogen-bond acceptors (Lipinski definition) is 6. The van der Waals surface area contributed by atoms with E-state index in [0.29, 0.717) is 25.4 Å². The first-order valence-corrected chi connectivity index (χ1v) is 6.47. The molecule has 8 nitrogen and oxygen atoms in total. The molecule has 1 heterocycles. The molecule has 114 valence electrons. The number of aliphatic hydroxyl groups excluding tert-OH is 1. The number of nitrogens with zero attached hydrogens (tertiary/aromatic N) is 2. The highest BCUT2D eigenvalue weighted by Gasteiger charge is 2.23. The van der Waals surface area contributed by atoms with E-state index in [1.165, 1.54) is 24.3 Å². The molecule has 1 aromatic rings. The Morgan fingerprint density at radius 1 is 1.48 bits per heavy atom. The summed E-state index contributed by atoms with van der Waals surface area (Å²) in [6, 6.07) is 5.52. The first-order chi connectivity index (χ1) is 10.1. The molecule has 1 amide bonds. The Morgan fingerprint density at radius 2 is 2.19 bits per heavy atom. The van der Waals surface area contributed by atoms with Gasteiger partial charge >= 0.3 is 0 Å². The van der Waals surface area contributed by atoms with E-state index in [0.717, 1.165) is 0 Å². The average molecular weight is 296 g/mol. The number of aliphatic hydroxyl groups is 1. The van der Waals surface area contributed by atoms with E-state index in [1.807, 2.05) is 0 Å². The van der Waals surface area contributed by atoms with Gasteiger partial charge in [-0.05, 0) is 12.1 Å². The maximum atomic E-state index is 12.0. The molecule has 2 rings (SSSR count). The maximum absolute atomic E-state index is 12.0. The van der Waals surface area contributed by atoms with Crippen LogP contribution in [0.3, 0.4) is 0 Å². The number of rotatable bonds is 5. The number of carbonyl (C=O) groups excluding carboxylic acids is 1. The predicted octanol–water partition coefficient (Wildman–Crippen LogP) is 0.193. The molecule has 1 aromatic carbocycles. The van der Waals surface area contributed by atoms with Crippen LogP contribution in [0, 0.1) is 10.1 Å². The van der Waals surface area contributed by atoms with Gasteiger partial charge in [-0.1, -0.05) is 0 Å². The van der Waals surface area contributed by atoms with E-state index < -0.39 is 4.92 Å². The van der Waals surface area contributed by atoms with Gasteiger partial charge in [0.1, 0.15) is 5.75 Å². The fourth-order valence-electron chi connectivity index (χ4n) is 1.96. The van der Waals surface area contributed by atoms with Crippen LogP contribution in [0.1, 0.15) is 0 Å². The van der Waals surface area contributed by atoms with E-state index in [9.17, 15) is 14.9 Å². The minimum Gasteiger partial charge on any atom is -0.484 e. The molecule has 21 heavy (non-hydrogen) atoms. The van der Waals surface area contributed by atoms with Crippen molar-refractivity contribution in [3.8, 4) is 5.75 Å². The second-order valence-electron chi connectivity index (χ2n) is 4.55. The monoisotopic (exact) mass is 296 g/mol. The number of non-ortho nitro benzene ring substituents is 1. The van der Waals surface area contributed by atoms with Gasteiger partial charge in [0.05, 0.1) is 24.2 Å². The zero-order valence-corrected chi connectivity index (χ0v) is 11.3. The van der Waals surface area contributed by atoms with Crippen LogP contribution in [0.2, 0.25) is 0 Å². The molecule has 1 N–H and O–H groups in total. The SMILES string of the molecule is O=C(COc1ccc([N+](=O)[O-])cc1)N1CCOC(CO)C1. The van der Waals surface area contributed by atoms with Crippen molar-refractivity contribution in [1.29, 1.82) is 0 Å². The Kier molecular flexibility index (Phi) is 5.07. The highest BCUT2D eigenvalue weighted by molar-refractivity contribution is 5.77. The zero-order chi connectivity index (χ0) is 15.2. The summed E-state index contributed by atoms with van der Waals surface area (Å²) in [7, 11) is 0. The Labute approximate surface area is 121 Å². The molecule has 1 aliphatic rings. The van der Waals surface area contributed by atoms with E-state index in [4.69, 9.17) is 14.6 Å². The van der Waals surface area contributed by atoms with Gasteiger partial charge in [-0.2, -0.15) is 0 Å². The first kappa shape index (κ1) is 15.2. The highest BCUT2D eigenvalue weighted by atomic mass is 16.6. The molecule has 0 saturated carbocycles. The minimum atomic E-state index is -0.502. The van der Waals surface area contributed by atoms with Crippen LogP contribution in [0.4, 0.5) is 5.69 Å². The summed E-state index contributed by atoms with van der Waals surface area (Å²) >= 11 is 0. The van der Waals surface area contributed by atoms with Gasteiger partial charge in [-0.25, -0.2) is 0 Å². The maximum Gasteiger partial charge on any atom is 0.269 e. The number of ether oxygens (including phenoxy) is 2. The number of nitro benzene ring substituents is 1. The molecule has 0 bridgehead atoms. The molecular formula is C13H16N2O6.